The van der Waals surface area contributed by atoms with Crippen molar-refractivity contribution < 1.29 is 17.9 Å². The lowest BCUT2D eigenvalue weighted by Crippen LogP contribution is -2.49. The molecule has 2 bridgehead atoms. The highest BCUT2D eigenvalue weighted by Crippen LogP contribution is 2.31. The number of ether oxygens (including phenoxy) is 1. The highest BCUT2D eigenvalue weighted by molar-refractivity contribution is 7.88. The first-order valence-electron chi connectivity index (χ1n) is 8.45. The molecule has 4 rings (SSSR count). The molecule has 0 aromatic heterocycles. The van der Waals surface area contributed by atoms with E-state index < -0.39 is 10.0 Å². The number of carbonyl (C=O) groups excluding carboxylic acids is 1. The van der Waals surface area contributed by atoms with Gasteiger partial charge in [0.1, 0.15) is 5.75 Å². The maximum atomic E-state index is 12.8. The quantitative estimate of drug-likeness (QED) is 0.885. The fourth-order valence-electron chi connectivity index (χ4n) is 3.66. The van der Waals surface area contributed by atoms with Gasteiger partial charge < -0.3 is 15.0 Å². The van der Waals surface area contributed by atoms with Crippen LogP contribution in [0.1, 0.15) is 18.4 Å². The zero-order chi connectivity index (χ0) is 18.2. The second-order valence-electron chi connectivity index (χ2n) is 6.96. The molecule has 0 spiro atoms. The maximum Gasteiger partial charge on any atom is 0.322 e. The molecule has 2 amide bonds. The highest BCUT2D eigenvalue weighted by atomic mass is 32.2. The predicted octanol–water partition coefficient (Wildman–Crippen LogP) is 1.89. The zero-order valence-electron chi connectivity index (χ0n) is 14.9. The number of anilines is 1. The third-order valence-corrected chi connectivity index (χ3v) is 6.24. The molecule has 3 heterocycles. The van der Waals surface area contributed by atoms with Crippen LogP contribution in [0.3, 0.4) is 0 Å². The number of methoxy groups -OCH3 is 1. The Morgan fingerprint density at radius 3 is 2.68 bits per heavy atom. The number of benzene rings is 1. The van der Waals surface area contributed by atoms with Crippen molar-refractivity contribution in [3.05, 3.63) is 23.8 Å². The van der Waals surface area contributed by atoms with Gasteiger partial charge in [-0.3, -0.25) is 0 Å². The molecular formula is C17H25N3O4S. The Bertz CT molecular complexity index is 765. The summed E-state index contributed by atoms with van der Waals surface area (Å²) in [5.41, 5.74) is 1.66. The van der Waals surface area contributed by atoms with Gasteiger partial charge in [-0.15, -0.1) is 0 Å². The summed E-state index contributed by atoms with van der Waals surface area (Å²) < 4.78 is 30.7. The number of hydrogen-bond acceptors (Lipinski definition) is 4. The van der Waals surface area contributed by atoms with Gasteiger partial charge in [-0.25, -0.2) is 13.2 Å². The first-order chi connectivity index (χ1) is 11.8. The number of carbonyl (C=O) groups is 1. The van der Waals surface area contributed by atoms with Gasteiger partial charge in [0, 0.05) is 25.7 Å². The number of aryl methyl sites for hydroxylation is 1. The van der Waals surface area contributed by atoms with Crippen LogP contribution >= 0.6 is 0 Å². The van der Waals surface area contributed by atoms with E-state index in [0.29, 0.717) is 31.1 Å². The Morgan fingerprint density at radius 1 is 1.24 bits per heavy atom. The number of piperidine rings is 1. The van der Waals surface area contributed by atoms with Crippen molar-refractivity contribution in [3.63, 3.8) is 0 Å². The van der Waals surface area contributed by atoms with Crippen molar-refractivity contribution >= 4 is 21.7 Å². The SMILES string of the molecule is COc1ccc(C)cc1NC(=O)N1C[C@H]2CC[C@@H]1CN(S(C)(=O)=O)C2. The number of sulfonamides is 1. The number of amides is 2. The van der Waals surface area contributed by atoms with Crippen LogP contribution in [0.2, 0.25) is 0 Å². The molecule has 3 fully saturated rings. The lowest BCUT2D eigenvalue weighted by molar-refractivity contribution is 0.153. The molecule has 1 aromatic carbocycles. The summed E-state index contributed by atoms with van der Waals surface area (Å²) in [7, 11) is -1.68. The van der Waals surface area contributed by atoms with Gasteiger partial charge in [0.05, 0.1) is 19.1 Å². The van der Waals surface area contributed by atoms with Crippen LogP contribution < -0.4 is 10.1 Å². The summed E-state index contributed by atoms with van der Waals surface area (Å²) >= 11 is 0. The Labute approximate surface area is 149 Å². The lowest BCUT2D eigenvalue weighted by atomic mass is 9.95. The van der Waals surface area contributed by atoms with Crippen molar-refractivity contribution in [3.8, 4) is 5.75 Å². The third kappa shape index (κ3) is 3.90. The van der Waals surface area contributed by atoms with Crippen LogP contribution in [0.25, 0.3) is 0 Å². The predicted molar refractivity (Wildman–Crippen MR) is 96.4 cm³/mol. The molecule has 7 nitrogen and oxygen atoms in total. The molecule has 138 valence electrons. The molecule has 0 radical (unpaired) electrons. The van der Waals surface area contributed by atoms with Crippen molar-refractivity contribution in [2.24, 2.45) is 5.92 Å². The van der Waals surface area contributed by atoms with Gasteiger partial charge in [-0.1, -0.05) is 6.07 Å². The van der Waals surface area contributed by atoms with E-state index >= 15 is 0 Å². The molecule has 1 aromatic rings. The monoisotopic (exact) mass is 367 g/mol. The first-order valence-corrected chi connectivity index (χ1v) is 10.3. The Morgan fingerprint density at radius 2 is 2.00 bits per heavy atom. The van der Waals surface area contributed by atoms with E-state index in [4.69, 9.17) is 4.74 Å². The molecule has 25 heavy (non-hydrogen) atoms. The molecule has 1 N–H and O–H groups in total. The summed E-state index contributed by atoms with van der Waals surface area (Å²) in [6.07, 6.45) is 3.02. The molecule has 3 aliphatic rings. The van der Waals surface area contributed by atoms with Crippen molar-refractivity contribution in [1.29, 1.82) is 0 Å². The van der Waals surface area contributed by atoms with Gasteiger partial charge in [-0.05, 0) is 43.4 Å². The van der Waals surface area contributed by atoms with E-state index in [1.165, 1.54) is 10.6 Å². The van der Waals surface area contributed by atoms with Crippen molar-refractivity contribution in [1.82, 2.24) is 9.21 Å². The average molecular weight is 367 g/mol. The summed E-state index contributed by atoms with van der Waals surface area (Å²) in [6.45, 7) is 3.39. The Hall–Kier alpha value is -1.80. The topological polar surface area (TPSA) is 79.0 Å². The van der Waals surface area contributed by atoms with Crippen LogP contribution in [0.4, 0.5) is 10.5 Å². The van der Waals surface area contributed by atoms with Gasteiger partial charge in [0.25, 0.3) is 0 Å². The number of nitrogens with zero attached hydrogens (tertiary/aromatic N) is 2. The van der Waals surface area contributed by atoms with E-state index in [1.54, 1.807) is 12.0 Å². The summed E-state index contributed by atoms with van der Waals surface area (Å²) in [4.78, 5) is 14.6. The van der Waals surface area contributed by atoms with Gasteiger partial charge in [0.2, 0.25) is 10.0 Å². The van der Waals surface area contributed by atoms with E-state index in [9.17, 15) is 13.2 Å². The third-order valence-electron chi connectivity index (χ3n) is 5.01. The molecule has 3 aliphatic heterocycles. The smallest absolute Gasteiger partial charge is 0.322 e. The van der Waals surface area contributed by atoms with E-state index in [-0.39, 0.29) is 18.0 Å². The number of nitrogens with one attached hydrogen (secondary N) is 1. The Kier molecular flexibility index (Phi) is 4.92. The molecular weight excluding hydrogens is 342 g/mol. The molecule has 8 heteroatoms. The minimum atomic E-state index is -3.24. The van der Waals surface area contributed by atoms with Crippen LogP contribution in [-0.2, 0) is 10.0 Å². The van der Waals surface area contributed by atoms with Crippen LogP contribution in [-0.4, -0.2) is 62.7 Å². The largest absolute Gasteiger partial charge is 0.495 e. The average Bonchev–Trinajstić information content (AvgIpc) is 2.87. The highest BCUT2D eigenvalue weighted by Gasteiger charge is 2.39. The number of urea groups is 1. The van der Waals surface area contributed by atoms with E-state index in [2.05, 4.69) is 5.32 Å². The van der Waals surface area contributed by atoms with Crippen molar-refractivity contribution in [2.45, 2.75) is 25.8 Å². The van der Waals surface area contributed by atoms with E-state index in [0.717, 1.165) is 18.4 Å². The van der Waals surface area contributed by atoms with Crippen LogP contribution in [0.5, 0.6) is 5.75 Å². The summed E-state index contributed by atoms with van der Waals surface area (Å²) in [6, 6.07) is 5.32. The standard InChI is InChI=1S/C17H25N3O4S/c1-12-4-7-16(24-2)15(8-12)18-17(21)20-10-13-5-6-14(20)11-19(9-13)25(3,22)23/h4,7-8,13-14H,5-6,9-11H2,1-3H3,(H,18,21)/t13-,14+/m0/s1. The number of hydrogen-bond donors (Lipinski definition) is 1. The zero-order valence-corrected chi connectivity index (χ0v) is 15.7. The summed E-state index contributed by atoms with van der Waals surface area (Å²) in [5.74, 6) is 0.787. The molecule has 0 aliphatic carbocycles. The molecule has 0 saturated carbocycles. The number of rotatable bonds is 3. The lowest BCUT2D eigenvalue weighted by Gasteiger charge is -2.36. The first kappa shape index (κ1) is 18.0. The minimum absolute atomic E-state index is 0.0933. The fraction of sp³-hybridized carbons (Fsp3) is 0.588. The molecule has 3 saturated heterocycles. The van der Waals surface area contributed by atoms with Gasteiger partial charge in [-0.2, -0.15) is 4.31 Å². The normalized spacial score (nSPS) is 24.0. The molecule has 2 atom stereocenters. The maximum absolute atomic E-state index is 12.8. The fourth-order valence-corrected chi connectivity index (χ4v) is 4.59. The second-order valence-corrected chi connectivity index (χ2v) is 8.95. The molecule has 0 unspecified atom stereocenters. The number of fused-ring (bicyclic) bond motifs is 4. The van der Waals surface area contributed by atoms with Crippen molar-refractivity contribution in [2.75, 3.05) is 38.3 Å². The Balaban J connectivity index is 1.78. The second kappa shape index (κ2) is 6.84. The van der Waals surface area contributed by atoms with Crippen LogP contribution in [0.15, 0.2) is 18.2 Å². The van der Waals surface area contributed by atoms with Gasteiger partial charge in [0.15, 0.2) is 0 Å². The van der Waals surface area contributed by atoms with Gasteiger partial charge >= 0.3 is 6.03 Å². The van der Waals surface area contributed by atoms with E-state index in [1.807, 2.05) is 25.1 Å². The minimum Gasteiger partial charge on any atom is -0.495 e. The summed E-state index contributed by atoms with van der Waals surface area (Å²) in [5, 5.41) is 2.93. The van der Waals surface area contributed by atoms with Crippen LogP contribution in [0, 0.1) is 12.8 Å².